The normalized spacial score (nSPS) is 11.7. The summed E-state index contributed by atoms with van der Waals surface area (Å²) >= 11 is 1.33. The van der Waals surface area contributed by atoms with Gasteiger partial charge in [-0.1, -0.05) is 36.4 Å². The number of rotatable bonds is 9. The number of aromatic amines is 1. The number of nitrogens with one attached hydrogen (secondary N) is 4. The van der Waals surface area contributed by atoms with E-state index in [2.05, 4.69) is 20.9 Å². The number of amides is 3. The van der Waals surface area contributed by atoms with Gasteiger partial charge in [-0.05, 0) is 47.7 Å². The minimum atomic E-state index is -0.764. The summed E-state index contributed by atoms with van der Waals surface area (Å²) in [6.07, 6.45) is 2.21. The van der Waals surface area contributed by atoms with Gasteiger partial charge in [0.2, 0.25) is 5.91 Å². The number of H-pyrrole nitrogens is 1. The Labute approximate surface area is 201 Å². The Morgan fingerprint density at radius 2 is 1.82 bits per heavy atom. The number of thiophene rings is 1. The fourth-order valence-corrected chi connectivity index (χ4v) is 4.39. The Hall–Kier alpha value is -3.91. The molecule has 4 rings (SSSR count). The highest BCUT2D eigenvalue weighted by Gasteiger charge is 2.23. The lowest BCUT2D eigenvalue weighted by Crippen LogP contribution is -2.47. The number of aromatic nitrogens is 1. The standard InChI is InChI=1S/C26H26N4O3S/c1-2-27-24(31)18-8-5-7-17(13-18)15-29-25(32)22(30-26(33)23-11-6-12-34-23)14-19-16-28-21-10-4-3-9-20(19)21/h3-13,16,22,28H,2,14-15H2,1H3,(H,27,31)(H,29,32)(H,30,33). The molecular weight excluding hydrogens is 448 g/mol. The van der Waals surface area contributed by atoms with Crippen molar-refractivity contribution in [3.63, 3.8) is 0 Å². The van der Waals surface area contributed by atoms with Crippen molar-refractivity contribution < 1.29 is 14.4 Å². The van der Waals surface area contributed by atoms with E-state index in [0.717, 1.165) is 22.0 Å². The van der Waals surface area contributed by atoms with Gasteiger partial charge >= 0.3 is 0 Å². The SMILES string of the molecule is CCNC(=O)c1cccc(CNC(=O)C(Cc2c[nH]c3ccccc23)NC(=O)c2cccs2)c1. The van der Waals surface area contributed by atoms with Crippen LogP contribution in [-0.2, 0) is 17.8 Å². The van der Waals surface area contributed by atoms with Gasteiger partial charge in [-0.2, -0.15) is 0 Å². The van der Waals surface area contributed by atoms with Crippen LogP contribution in [0, 0.1) is 0 Å². The molecule has 1 unspecified atom stereocenters. The zero-order valence-electron chi connectivity index (χ0n) is 18.8. The molecule has 0 aliphatic carbocycles. The predicted molar refractivity (Wildman–Crippen MR) is 134 cm³/mol. The molecule has 34 heavy (non-hydrogen) atoms. The molecule has 4 aromatic rings. The summed E-state index contributed by atoms with van der Waals surface area (Å²) in [5, 5.41) is 11.4. The summed E-state index contributed by atoms with van der Waals surface area (Å²) in [5.74, 6) is -0.733. The average Bonchev–Trinajstić information content (AvgIpc) is 3.53. The van der Waals surface area contributed by atoms with Crippen molar-refractivity contribution in [1.82, 2.24) is 20.9 Å². The second-order valence-electron chi connectivity index (χ2n) is 7.84. The maximum Gasteiger partial charge on any atom is 0.262 e. The maximum atomic E-state index is 13.2. The summed E-state index contributed by atoms with van der Waals surface area (Å²) in [6.45, 7) is 2.64. The zero-order chi connectivity index (χ0) is 23.9. The summed E-state index contributed by atoms with van der Waals surface area (Å²) in [7, 11) is 0. The van der Waals surface area contributed by atoms with Gasteiger partial charge in [0.25, 0.3) is 11.8 Å². The first-order chi connectivity index (χ1) is 16.5. The number of fused-ring (bicyclic) bond motifs is 1. The first-order valence-electron chi connectivity index (χ1n) is 11.1. The summed E-state index contributed by atoms with van der Waals surface area (Å²) < 4.78 is 0. The van der Waals surface area contributed by atoms with E-state index in [1.54, 1.807) is 30.3 Å². The first kappa shape index (κ1) is 23.3. The third-order valence-electron chi connectivity index (χ3n) is 5.46. The van der Waals surface area contributed by atoms with Gasteiger partial charge in [-0.3, -0.25) is 14.4 Å². The lowest BCUT2D eigenvalue weighted by molar-refractivity contribution is -0.123. The van der Waals surface area contributed by atoms with Crippen LogP contribution in [0.4, 0.5) is 0 Å². The van der Waals surface area contributed by atoms with Crippen molar-refractivity contribution in [1.29, 1.82) is 0 Å². The van der Waals surface area contributed by atoms with Gasteiger partial charge in [0.1, 0.15) is 6.04 Å². The Balaban J connectivity index is 1.50. The highest BCUT2D eigenvalue weighted by molar-refractivity contribution is 7.12. The van der Waals surface area contributed by atoms with E-state index in [9.17, 15) is 14.4 Å². The van der Waals surface area contributed by atoms with Crippen LogP contribution in [0.1, 0.15) is 38.1 Å². The molecule has 0 radical (unpaired) electrons. The third-order valence-corrected chi connectivity index (χ3v) is 6.33. The molecule has 7 nitrogen and oxygen atoms in total. The molecule has 0 bridgehead atoms. The van der Waals surface area contributed by atoms with E-state index in [1.165, 1.54) is 11.3 Å². The van der Waals surface area contributed by atoms with Crippen molar-refractivity contribution in [3.8, 4) is 0 Å². The molecule has 1 atom stereocenters. The van der Waals surface area contributed by atoms with Gasteiger partial charge < -0.3 is 20.9 Å². The Morgan fingerprint density at radius 1 is 0.971 bits per heavy atom. The number of carbonyl (C=O) groups is 3. The molecule has 4 N–H and O–H groups in total. The molecule has 2 aromatic carbocycles. The number of para-hydroxylation sites is 1. The van der Waals surface area contributed by atoms with Crippen molar-refractivity contribution in [2.75, 3.05) is 6.54 Å². The molecule has 3 amide bonds. The van der Waals surface area contributed by atoms with Crippen molar-refractivity contribution in [2.24, 2.45) is 0 Å². The average molecular weight is 475 g/mol. The number of carbonyl (C=O) groups excluding carboxylic acids is 3. The summed E-state index contributed by atoms with van der Waals surface area (Å²) in [6, 6.07) is 17.7. The Kier molecular flexibility index (Phi) is 7.39. The quantitative estimate of drug-likeness (QED) is 0.298. The lowest BCUT2D eigenvalue weighted by Gasteiger charge is -2.18. The smallest absolute Gasteiger partial charge is 0.262 e. The van der Waals surface area contributed by atoms with Crippen molar-refractivity contribution in [3.05, 3.63) is 93.8 Å². The van der Waals surface area contributed by atoms with E-state index < -0.39 is 6.04 Å². The van der Waals surface area contributed by atoms with E-state index in [1.807, 2.05) is 48.8 Å². The molecule has 0 fully saturated rings. The van der Waals surface area contributed by atoms with Crippen LogP contribution in [-0.4, -0.2) is 35.3 Å². The molecule has 2 heterocycles. The summed E-state index contributed by atoms with van der Waals surface area (Å²) in [5.41, 5.74) is 3.26. The number of hydrogen-bond acceptors (Lipinski definition) is 4. The lowest BCUT2D eigenvalue weighted by atomic mass is 10.0. The molecular formula is C26H26N4O3S. The molecule has 0 aliphatic rings. The molecule has 8 heteroatoms. The van der Waals surface area contributed by atoms with E-state index in [4.69, 9.17) is 0 Å². The van der Waals surface area contributed by atoms with Crippen LogP contribution in [0.5, 0.6) is 0 Å². The van der Waals surface area contributed by atoms with Crippen molar-refractivity contribution >= 4 is 40.0 Å². The van der Waals surface area contributed by atoms with Crippen LogP contribution in [0.25, 0.3) is 10.9 Å². The van der Waals surface area contributed by atoms with E-state index >= 15 is 0 Å². The minimum absolute atomic E-state index is 0.156. The highest BCUT2D eigenvalue weighted by Crippen LogP contribution is 2.20. The fraction of sp³-hybridized carbons (Fsp3) is 0.192. The molecule has 0 aliphatic heterocycles. The monoisotopic (exact) mass is 474 g/mol. The van der Waals surface area contributed by atoms with Gasteiger partial charge in [0.05, 0.1) is 4.88 Å². The summed E-state index contributed by atoms with van der Waals surface area (Å²) in [4.78, 5) is 41.8. The Bertz CT molecular complexity index is 1300. The largest absolute Gasteiger partial charge is 0.361 e. The third kappa shape index (κ3) is 5.52. The molecule has 2 aromatic heterocycles. The minimum Gasteiger partial charge on any atom is -0.361 e. The van der Waals surface area contributed by atoms with Crippen LogP contribution < -0.4 is 16.0 Å². The zero-order valence-corrected chi connectivity index (χ0v) is 19.6. The van der Waals surface area contributed by atoms with Crippen LogP contribution in [0.2, 0.25) is 0 Å². The van der Waals surface area contributed by atoms with Gasteiger partial charge in [-0.25, -0.2) is 0 Å². The van der Waals surface area contributed by atoms with Crippen LogP contribution in [0.15, 0.2) is 72.2 Å². The van der Waals surface area contributed by atoms with Gasteiger partial charge in [0.15, 0.2) is 0 Å². The molecule has 0 saturated carbocycles. The van der Waals surface area contributed by atoms with Crippen LogP contribution in [0.3, 0.4) is 0 Å². The first-order valence-corrected chi connectivity index (χ1v) is 12.0. The molecule has 174 valence electrons. The topological polar surface area (TPSA) is 103 Å². The number of benzene rings is 2. The highest BCUT2D eigenvalue weighted by atomic mass is 32.1. The molecule has 0 saturated heterocycles. The Morgan fingerprint density at radius 3 is 2.62 bits per heavy atom. The maximum absolute atomic E-state index is 13.2. The predicted octanol–water partition coefficient (Wildman–Crippen LogP) is 3.64. The molecule has 0 spiro atoms. The second-order valence-corrected chi connectivity index (χ2v) is 8.79. The van der Waals surface area contributed by atoms with Crippen molar-refractivity contribution in [2.45, 2.75) is 25.9 Å². The fourth-order valence-electron chi connectivity index (χ4n) is 3.76. The second kappa shape index (κ2) is 10.8. The van der Waals surface area contributed by atoms with Gasteiger partial charge in [-0.15, -0.1) is 11.3 Å². The van der Waals surface area contributed by atoms with E-state index in [-0.39, 0.29) is 24.3 Å². The van der Waals surface area contributed by atoms with Crippen LogP contribution >= 0.6 is 11.3 Å². The van der Waals surface area contributed by atoms with Gasteiger partial charge in [0, 0.05) is 42.2 Å². The number of hydrogen-bond donors (Lipinski definition) is 4. The van der Waals surface area contributed by atoms with E-state index in [0.29, 0.717) is 23.4 Å².